The van der Waals surface area contributed by atoms with Gasteiger partial charge in [-0.25, -0.2) is 4.98 Å². The topological polar surface area (TPSA) is 130 Å². The van der Waals surface area contributed by atoms with E-state index in [0.717, 1.165) is 0 Å². The maximum Gasteiger partial charge on any atom is 0.272 e. The van der Waals surface area contributed by atoms with Crippen LogP contribution in [0.2, 0.25) is 0 Å². The van der Waals surface area contributed by atoms with E-state index >= 15 is 0 Å². The zero-order valence-electron chi connectivity index (χ0n) is 26.4. The Kier molecular flexibility index (Phi) is 11.2. The lowest BCUT2D eigenvalue weighted by atomic mass is 10.1. The van der Waals surface area contributed by atoms with Crippen molar-refractivity contribution in [2.45, 2.75) is 32.8 Å². The number of aliphatic imine (C=N–C) groups is 1. The number of ketones is 1. The summed E-state index contributed by atoms with van der Waals surface area (Å²) in [5, 5.41) is 2.69. The van der Waals surface area contributed by atoms with Gasteiger partial charge in [-0.1, -0.05) is 12.7 Å². The van der Waals surface area contributed by atoms with Crippen LogP contribution in [0.3, 0.4) is 0 Å². The van der Waals surface area contributed by atoms with Gasteiger partial charge in [0.1, 0.15) is 23.3 Å². The summed E-state index contributed by atoms with van der Waals surface area (Å²) in [6.07, 6.45) is 5.53. The lowest BCUT2D eigenvalue weighted by molar-refractivity contribution is -0.129. The number of nitrogens with one attached hydrogen (secondary N) is 1. The molecule has 4 rings (SSSR count). The summed E-state index contributed by atoms with van der Waals surface area (Å²) < 4.78 is 11.8. The highest BCUT2D eigenvalue weighted by atomic mass is 16.5. The Morgan fingerprint density at radius 2 is 1.59 bits per heavy atom. The second kappa shape index (κ2) is 15.4. The molecule has 1 aromatic heterocycles. The number of allylic oxidation sites excluding steroid dienone is 1. The van der Waals surface area contributed by atoms with Crippen LogP contribution in [0.15, 0.2) is 95.8 Å². The summed E-state index contributed by atoms with van der Waals surface area (Å²) in [5.41, 5.74) is 1.85. The minimum Gasteiger partial charge on any atom is -0.490 e. The highest BCUT2D eigenvalue weighted by Gasteiger charge is 2.26. The van der Waals surface area contributed by atoms with Crippen LogP contribution in [0, 0.1) is 0 Å². The third-order valence-corrected chi connectivity index (χ3v) is 7.16. The highest BCUT2D eigenvalue weighted by Crippen LogP contribution is 2.23. The van der Waals surface area contributed by atoms with Crippen molar-refractivity contribution in [1.29, 1.82) is 0 Å². The third kappa shape index (κ3) is 8.98. The summed E-state index contributed by atoms with van der Waals surface area (Å²) in [4.78, 5) is 61.0. The summed E-state index contributed by atoms with van der Waals surface area (Å²) in [5.74, 6) is 0.654. The Labute approximate surface area is 268 Å². The van der Waals surface area contributed by atoms with E-state index in [4.69, 9.17) is 9.47 Å². The smallest absolute Gasteiger partial charge is 0.272 e. The van der Waals surface area contributed by atoms with Crippen LogP contribution in [-0.4, -0.2) is 77.8 Å². The predicted molar refractivity (Wildman–Crippen MR) is 175 cm³/mol. The van der Waals surface area contributed by atoms with Gasteiger partial charge in [-0.2, -0.15) is 0 Å². The number of carbonyl (C=O) groups excluding carboxylic acids is 4. The van der Waals surface area contributed by atoms with Crippen molar-refractivity contribution >= 4 is 35.4 Å². The van der Waals surface area contributed by atoms with Crippen LogP contribution in [0.4, 0.5) is 5.69 Å². The van der Waals surface area contributed by atoms with Crippen LogP contribution in [0.1, 0.15) is 47.4 Å². The summed E-state index contributed by atoms with van der Waals surface area (Å²) >= 11 is 0. The fourth-order valence-corrected chi connectivity index (χ4v) is 4.53. The van der Waals surface area contributed by atoms with E-state index in [-0.39, 0.29) is 35.0 Å². The Hall–Kier alpha value is -5.58. The second-order valence-corrected chi connectivity index (χ2v) is 10.8. The first-order valence-electron chi connectivity index (χ1n) is 14.8. The molecule has 0 saturated carbocycles. The monoisotopic (exact) mass is 623 g/mol. The van der Waals surface area contributed by atoms with Crippen molar-refractivity contribution in [3.63, 3.8) is 0 Å². The SMILES string of the molecule is C=C(/C=N\C(=C/C)C(=O)N1CCC(Oc2ccc(C(=O)N(C)C)cc2)CC1)C(=O)Nc1ccc(Oc2ccc(C(C)=O)cc2)nc1. The van der Waals surface area contributed by atoms with E-state index in [2.05, 4.69) is 21.9 Å². The number of pyridine rings is 1. The molecule has 1 N–H and O–H groups in total. The second-order valence-electron chi connectivity index (χ2n) is 10.8. The molecule has 3 amide bonds. The summed E-state index contributed by atoms with van der Waals surface area (Å²) in [6.45, 7) is 7.96. The average Bonchev–Trinajstić information content (AvgIpc) is 3.06. The van der Waals surface area contributed by atoms with Crippen molar-refractivity contribution in [1.82, 2.24) is 14.8 Å². The van der Waals surface area contributed by atoms with Gasteiger partial charge >= 0.3 is 0 Å². The largest absolute Gasteiger partial charge is 0.490 e. The number of rotatable bonds is 11. The number of piperidine rings is 1. The summed E-state index contributed by atoms with van der Waals surface area (Å²) in [7, 11) is 3.41. The van der Waals surface area contributed by atoms with Gasteiger partial charge in [-0.3, -0.25) is 24.2 Å². The Bertz CT molecular complexity index is 1640. The van der Waals surface area contributed by atoms with Crippen LogP contribution >= 0.6 is 0 Å². The predicted octanol–water partition coefficient (Wildman–Crippen LogP) is 5.32. The number of aromatic nitrogens is 1. The Morgan fingerprint density at radius 1 is 0.957 bits per heavy atom. The molecule has 0 atom stereocenters. The van der Waals surface area contributed by atoms with E-state index in [9.17, 15) is 19.2 Å². The fraction of sp³-hybridized carbons (Fsp3) is 0.257. The average molecular weight is 624 g/mol. The first-order valence-corrected chi connectivity index (χ1v) is 14.8. The standard InChI is InChI=1S/C35H37N5O6/c1-6-31(35(44)40-19-17-30(18-20-40)45-28-14-9-26(10-15-28)34(43)39(4)5)36-21-23(2)33(42)38-27-11-16-32(37-22-27)46-29-12-7-25(8-13-29)24(3)41/h6-16,21-22,30H,2,17-20H2,1,3-5H3,(H,38,42)/b31-6-,36-21-. The maximum atomic E-state index is 13.1. The summed E-state index contributed by atoms with van der Waals surface area (Å²) in [6, 6.07) is 17.0. The van der Waals surface area contributed by atoms with Crippen molar-refractivity contribution in [3.05, 3.63) is 102 Å². The highest BCUT2D eigenvalue weighted by molar-refractivity contribution is 6.17. The first-order chi connectivity index (χ1) is 22.0. The molecule has 0 bridgehead atoms. The minimum absolute atomic E-state index is 0.0350. The number of Topliss-reactive ketones (excluding diaryl/α,β-unsaturated/α-hetero) is 1. The molecule has 3 aromatic rings. The van der Waals surface area contributed by atoms with Crippen LogP contribution in [-0.2, 0) is 9.59 Å². The molecule has 11 heteroatoms. The number of carbonyl (C=O) groups is 4. The number of anilines is 1. The lowest BCUT2D eigenvalue weighted by Gasteiger charge is -2.32. The van der Waals surface area contributed by atoms with Crippen LogP contribution < -0.4 is 14.8 Å². The van der Waals surface area contributed by atoms with Gasteiger partial charge in [0.2, 0.25) is 5.88 Å². The van der Waals surface area contributed by atoms with Gasteiger partial charge in [0.15, 0.2) is 5.78 Å². The third-order valence-electron chi connectivity index (χ3n) is 7.16. The van der Waals surface area contributed by atoms with Gasteiger partial charge in [-0.15, -0.1) is 0 Å². The number of ether oxygens (including phenoxy) is 2. The van der Waals surface area contributed by atoms with Gasteiger partial charge in [-0.05, 0) is 68.4 Å². The molecule has 1 saturated heterocycles. The van der Waals surface area contributed by atoms with E-state index in [1.54, 1.807) is 92.7 Å². The normalized spacial score (nSPS) is 13.7. The lowest BCUT2D eigenvalue weighted by Crippen LogP contribution is -2.42. The number of benzene rings is 2. The molecule has 0 unspecified atom stereocenters. The van der Waals surface area contributed by atoms with Crippen molar-refractivity contribution in [2.75, 3.05) is 32.5 Å². The van der Waals surface area contributed by atoms with Gasteiger partial charge in [0, 0.05) is 63.4 Å². The molecule has 46 heavy (non-hydrogen) atoms. The number of nitrogens with zero attached hydrogens (tertiary/aromatic N) is 4. The zero-order chi connectivity index (χ0) is 33.2. The van der Waals surface area contributed by atoms with Crippen LogP contribution in [0.5, 0.6) is 17.4 Å². The number of hydrogen-bond donors (Lipinski definition) is 1. The molecule has 2 heterocycles. The quantitative estimate of drug-likeness (QED) is 0.174. The molecule has 0 radical (unpaired) electrons. The minimum atomic E-state index is -0.501. The van der Waals surface area contributed by atoms with Gasteiger partial charge < -0.3 is 24.6 Å². The van der Waals surface area contributed by atoms with E-state index in [1.165, 1.54) is 24.2 Å². The van der Waals surface area contributed by atoms with Crippen molar-refractivity contribution < 1.29 is 28.7 Å². The van der Waals surface area contributed by atoms with Crippen molar-refractivity contribution in [2.24, 2.45) is 4.99 Å². The zero-order valence-corrected chi connectivity index (χ0v) is 26.4. The van der Waals surface area contributed by atoms with Gasteiger partial charge in [0.25, 0.3) is 17.7 Å². The van der Waals surface area contributed by atoms with E-state index in [0.29, 0.717) is 60.1 Å². The van der Waals surface area contributed by atoms with Gasteiger partial charge in [0.05, 0.1) is 17.5 Å². The van der Waals surface area contributed by atoms with E-state index in [1.807, 2.05) is 0 Å². The van der Waals surface area contributed by atoms with E-state index < -0.39 is 5.91 Å². The molecule has 1 aliphatic rings. The van der Waals surface area contributed by atoms with Crippen molar-refractivity contribution in [3.8, 4) is 17.4 Å². The molecule has 0 spiro atoms. The Balaban J connectivity index is 1.23. The molecular weight excluding hydrogens is 586 g/mol. The molecule has 1 fully saturated rings. The molecule has 1 aliphatic heterocycles. The molecule has 0 aliphatic carbocycles. The number of likely N-dealkylation sites (tertiary alicyclic amines) is 1. The molecular formula is C35H37N5O6. The number of hydrogen-bond acceptors (Lipinski definition) is 8. The molecule has 11 nitrogen and oxygen atoms in total. The maximum absolute atomic E-state index is 13.1. The van der Waals surface area contributed by atoms with Crippen LogP contribution in [0.25, 0.3) is 0 Å². The number of amides is 3. The fourth-order valence-electron chi connectivity index (χ4n) is 4.53. The molecule has 2 aromatic carbocycles. The Morgan fingerprint density at radius 3 is 2.15 bits per heavy atom. The molecule has 238 valence electrons. The first kappa shape index (κ1) is 33.3.